The van der Waals surface area contributed by atoms with Crippen molar-refractivity contribution in [1.82, 2.24) is 0 Å². The third kappa shape index (κ3) is 3.25. The molecule has 6 heteroatoms. The quantitative estimate of drug-likeness (QED) is 0.931. The highest BCUT2D eigenvalue weighted by molar-refractivity contribution is 6.30. The minimum absolute atomic E-state index is 0.0540. The molecule has 5 nitrogen and oxygen atoms in total. The number of carbonyl (C=O) groups is 1. The van der Waals surface area contributed by atoms with Crippen LogP contribution in [-0.2, 0) is 0 Å². The van der Waals surface area contributed by atoms with Gasteiger partial charge in [-0.25, -0.2) is 4.79 Å². The standard InChI is InChI=1S/C15H10ClNO4/c1-20-13-4-2-9(15(18)19)7-14(13)21-12-5-3-11(16)6-10(12)8-17/h2-7H,1H3,(H,18,19). The van der Waals surface area contributed by atoms with Gasteiger partial charge >= 0.3 is 5.97 Å². The monoisotopic (exact) mass is 303 g/mol. The summed E-state index contributed by atoms with van der Waals surface area (Å²) < 4.78 is 10.7. The largest absolute Gasteiger partial charge is 0.493 e. The number of aromatic carboxylic acids is 1. The Morgan fingerprint density at radius 2 is 1.90 bits per heavy atom. The van der Waals surface area contributed by atoms with Crippen molar-refractivity contribution in [2.24, 2.45) is 0 Å². The summed E-state index contributed by atoms with van der Waals surface area (Å²) in [5, 5.41) is 18.5. The van der Waals surface area contributed by atoms with Crippen molar-refractivity contribution < 1.29 is 19.4 Å². The number of methoxy groups -OCH3 is 1. The van der Waals surface area contributed by atoms with Gasteiger partial charge in [-0.1, -0.05) is 11.6 Å². The van der Waals surface area contributed by atoms with Crippen molar-refractivity contribution in [3.05, 3.63) is 52.5 Å². The zero-order chi connectivity index (χ0) is 15.4. The third-order valence-corrected chi connectivity index (χ3v) is 2.93. The average molecular weight is 304 g/mol. The molecular weight excluding hydrogens is 294 g/mol. The number of carboxylic acids is 1. The molecule has 0 aromatic heterocycles. The number of nitrogens with zero attached hydrogens (tertiary/aromatic N) is 1. The summed E-state index contributed by atoms with van der Waals surface area (Å²) in [4.78, 5) is 11.0. The van der Waals surface area contributed by atoms with Crippen LogP contribution in [-0.4, -0.2) is 18.2 Å². The van der Waals surface area contributed by atoms with Crippen LogP contribution in [0, 0.1) is 11.3 Å². The molecule has 0 unspecified atom stereocenters. The van der Waals surface area contributed by atoms with Gasteiger partial charge in [0.05, 0.1) is 18.2 Å². The molecule has 0 fully saturated rings. The molecule has 21 heavy (non-hydrogen) atoms. The maximum Gasteiger partial charge on any atom is 0.335 e. The molecule has 106 valence electrons. The van der Waals surface area contributed by atoms with Crippen molar-refractivity contribution in [1.29, 1.82) is 5.26 Å². The summed E-state index contributed by atoms with van der Waals surface area (Å²) in [6, 6.07) is 10.8. The van der Waals surface area contributed by atoms with Crippen LogP contribution in [0.3, 0.4) is 0 Å². The molecule has 0 saturated carbocycles. The van der Waals surface area contributed by atoms with Gasteiger partial charge in [0.25, 0.3) is 0 Å². The first kappa shape index (κ1) is 14.7. The number of halogens is 1. The second-order valence-corrected chi connectivity index (χ2v) is 4.46. The Kier molecular flexibility index (Phi) is 4.31. The van der Waals surface area contributed by atoms with Crippen molar-refractivity contribution in [3.63, 3.8) is 0 Å². The number of hydrogen-bond acceptors (Lipinski definition) is 4. The van der Waals surface area contributed by atoms with Gasteiger partial charge in [0, 0.05) is 5.02 Å². The number of ether oxygens (including phenoxy) is 2. The minimum atomic E-state index is -1.08. The van der Waals surface area contributed by atoms with Crippen molar-refractivity contribution in [2.75, 3.05) is 7.11 Å². The fraction of sp³-hybridized carbons (Fsp3) is 0.0667. The van der Waals surface area contributed by atoms with Gasteiger partial charge in [-0.2, -0.15) is 5.26 Å². The van der Waals surface area contributed by atoms with Crippen LogP contribution in [0.2, 0.25) is 5.02 Å². The molecule has 0 aliphatic rings. The number of hydrogen-bond donors (Lipinski definition) is 1. The van der Waals surface area contributed by atoms with E-state index in [4.69, 9.17) is 31.4 Å². The molecule has 0 radical (unpaired) electrons. The predicted molar refractivity (Wildman–Crippen MR) is 76.2 cm³/mol. The van der Waals surface area contributed by atoms with E-state index in [-0.39, 0.29) is 22.6 Å². The summed E-state index contributed by atoms with van der Waals surface area (Å²) in [5.41, 5.74) is 0.295. The Hall–Kier alpha value is -2.71. The topological polar surface area (TPSA) is 79.6 Å². The second kappa shape index (κ2) is 6.16. The highest BCUT2D eigenvalue weighted by Gasteiger charge is 2.13. The van der Waals surface area contributed by atoms with Crippen LogP contribution in [0.5, 0.6) is 17.2 Å². The van der Waals surface area contributed by atoms with Crippen LogP contribution in [0.1, 0.15) is 15.9 Å². The Bertz CT molecular complexity index is 737. The van der Waals surface area contributed by atoms with E-state index in [0.29, 0.717) is 10.8 Å². The number of nitriles is 1. The first-order valence-electron chi connectivity index (χ1n) is 5.84. The predicted octanol–water partition coefficient (Wildman–Crippen LogP) is 3.71. The zero-order valence-electron chi connectivity index (χ0n) is 11.0. The van der Waals surface area contributed by atoms with Crippen LogP contribution in [0.25, 0.3) is 0 Å². The van der Waals surface area contributed by atoms with Crippen LogP contribution >= 0.6 is 11.6 Å². The van der Waals surface area contributed by atoms with Gasteiger partial charge < -0.3 is 14.6 Å². The molecule has 2 rings (SSSR count). The first-order valence-corrected chi connectivity index (χ1v) is 6.21. The highest BCUT2D eigenvalue weighted by Crippen LogP contribution is 2.34. The number of carboxylic acid groups (broad SMARTS) is 1. The molecule has 1 N–H and O–H groups in total. The van der Waals surface area contributed by atoms with Gasteiger partial charge in [-0.05, 0) is 36.4 Å². The molecule has 2 aromatic carbocycles. The van der Waals surface area contributed by atoms with E-state index in [1.807, 2.05) is 6.07 Å². The van der Waals surface area contributed by atoms with Crippen LogP contribution in [0.4, 0.5) is 0 Å². The summed E-state index contributed by atoms with van der Waals surface area (Å²) in [6.45, 7) is 0. The second-order valence-electron chi connectivity index (χ2n) is 4.03. The number of rotatable bonds is 4. The molecule has 0 amide bonds. The minimum Gasteiger partial charge on any atom is -0.493 e. The van der Waals surface area contributed by atoms with E-state index in [1.54, 1.807) is 6.07 Å². The van der Waals surface area contributed by atoms with Crippen molar-refractivity contribution >= 4 is 17.6 Å². The summed E-state index contributed by atoms with van der Waals surface area (Å²) in [7, 11) is 1.44. The zero-order valence-corrected chi connectivity index (χ0v) is 11.7. The van der Waals surface area contributed by atoms with Gasteiger partial charge in [-0.3, -0.25) is 0 Å². The Morgan fingerprint density at radius 3 is 2.52 bits per heavy atom. The summed E-state index contributed by atoms with van der Waals surface area (Å²) in [5.74, 6) is -0.253. The smallest absolute Gasteiger partial charge is 0.335 e. The van der Waals surface area contributed by atoms with Gasteiger partial charge in [-0.15, -0.1) is 0 Å². The first-order chi connectivity index (χ1) is 10.0. The Labute approximate surface area is 125 Å². The Balaban J connectivity index is 2.45. The Morgan fingerprint density at radius 1 is 1.19 bits per heavy atom. The van der Waals surface area contributed by atoms with Gasteiger partial charge in [0.15, 0.2) is 11.5 Å². The molecule has 0 saturated heterocycles. The van der Waals surface area contributed by atoms with E-state index < -0.39 is 5.97 Å². The molecule has 0 heterocycles. The molecule has 0 bridgehead atoms. The van der Waals surface area contributed by atoms with Gasteiger partial charge in [0.1, 0.15) is 11.8 Å². The third-order valence-electron chi connectivity index (χ3n) is 2.69. The van der Waals surface area contributed by atoms with Crippen molar-refractivity contribution in [2.45, 2.75) is 0 Å². The fourth-order valence-electron chi connectivity index (χ4n) is 1.69. The van der Waals surface area contributed by atoms with E-state index in [9.17, 15) is 4.79 Å². The van der Waals surface area contributed by atoms with Gasteiger partial charge in [0.2, 0.25) is 0 Å². The molecule has 0 aliphatic carbocycles. The fourth-order valence-corrected chi connectivity index (χ4v) is 1.86. The maximum atomic E-state index is 11.0. The summed E-state index contributed by atoms with van der Waals surface area (Å²) in [6.07, 6.45) is 0. The lowest BCUT2D eigenvalue weighted by Gasteiger charge is -2.12. The molecule has 0 atom stereocenters. The summed E-state index contributed by atoms with van der Waals surface area (Å²) >= 11 is 5.81. The molecule has 0 spiro atoms. The maximum absolute atomic E-state index is 11.0. The SMILES string of the molecule is COc1ccc(C(=O)O)cc1Oc1ccc(Cl)cc1C#N. The lowest BCUT2D eigenvalue weighted by Crippen LogP contribution is -1.99. The average Bonchev–Trinajstić information content (AvgIpc) is 2.48. The highest BCUT2D eigenvalue weighted by atomic mass is 35.5. The van der Waals surface area contributed by atoms with E-state index in [0.717, 1.165) is 0 Å². The molecule has 0 aliphatic heterocycles. The van der Waals surface area contributed by atoms with E-state index in [2.05, 4.69) is 0 Å². The lowest BCUT2D eigenvalue weighted by molar-refractivity contribution is 0.0696. The molecular formula is C15H10ClNO4. The molecule has 2 aromatic rings. The van der Waals surface area contributed by atoms with Crippen molar-refractivity contribution in [3.8, 4) is 23.3 Å². The van der Waals surface area contributed by atoms with Crippen LogP contribution in [0.15, 0.2) is 36.4 Å². The van der Waals surface area contributed by atoms with E-state index >= 15 is 0 Å². The van der Waals surface area contributed by atoms with E-state index in [1.165, 1.54) is 37.4 Å². The van der Waals surface area contributed by atoms with Crippen LogP contribution < -0.4 is 9.47 Å². The lowest BCUT2D eigenvalue weighted by atomic mass is 10.2. The normalized spacial score (nSPS) is 9.76. The number of benzene rings is 2.